The van der Waals surface area contributed by atoms with Crippen molar-refractivity contribution in [3.8, 4) is 0 Å². The van der Waals surface area contributed by atoms with E-state index in [-0.39, 0.29) is 0 Å². The van der Waals surface area contributed by atoms with Crippen LogP contribution >= 0.6 is 0 Å². The van der Waals surface area contributed by atoms with Gasteiger partial charge in [-0.05, 0) is 44.2 Å². The fourth-order valence-corrected chi connectivity index (χ4v) is 2.47. The molecule has 0 aromatic heterocycles. The lowest BCUT2D eigenvalue weighted by Gasteiger charge is -2.23. The Morgan fingerprint density at radius 3 is 2.40 bits per heavy atom. The van der Waals surface area contributed by atoms with E-state index in [4.69, 9.17) is 5.11 Å². The molecule has 0 aromatic rings. The SMILES string of the molecule is CC(C)CC(CC(=O)O)CN1CCCC1. The third-order valence-corrected chi connectivity index (χ3v) is 2.98. The molecule has 3 nitrogen and oxygen atoms in total. The molecule has 0 spiro atoms. The second-order valence-electron chi connectivity index (χ2n) is 5.10. The zero-order chi connectivity index (χ0) is 11.3. The summed E-state index contributed by atoms with van der Waals surface area (Å²) in [6, 6.07) is 0. The van der Waals surface area contributed by atoms with Crippen LogP contribution in [0.2, 0.25) is 0 Å². The summed E-state index contributed by atoms with van der Waals surface area (Å²) >= 11 is 0. The van der Waals surface area contributed by atoms with Crippen molar-refractivity contribution in [3.05, 3.63) is 0 Å². The third kappa shape index (κ3) is 5.17. The minimum atomic E-state index is -0.653. The quantitative estimate of drug-likeness (QED) is 0.735. The van der Waals surface area contributed by atoms with E-state index in [1.54, 1.807) is 0 Å². The smallest absolute Gasteiger partial charge is 0.303 e. The largest absolute Gasteiger partial charge is 0.481 e. The molecule has 1 aliphatic heterocycles. The average molecular weight is 213 g/mol. The van der Waals surface area contributed by atoms with Crippen molar-refractivity contribution in [2.45, 2.75) is 39.5 Å². The number of rotatable bonds is 6. The molecule has 0 aromatic carbocycles. The first kappa shape index (κ1) is 12.5. The molecule has 0 bridgehead atoms. The van der Waals surface area contributed by atoms with Gasteiger partial charge in [0, 0.05) is 13.0 Å². The van der Waals surface area contributed by atoms with Gasteiger partial charge in [0.05, 0.1) is 0 Å². The Hall–Kier alpha value is -0.570. The van der Waals surface area contributed by atoms with E-state index in [1.165, 1.54) is 12.8 Å². The predicted octanol–water partition coefficient (Wildman–Crippen LogP) is 2.22. The maximum Gasteiger partial charge on any atom is 0.303 e. The molecule has 0 aliphatic carbocycles. The van der Waals surface area contributed by atoms with Gasteiger partial charge >= 0.3 is 5.97 Å². The number of likely N-dealkylation sites (tertiary alicyclic amines) is 1. The molecule has 0 amide bonds. The summed E-state index contributed by atoms with van der Waals surface area (Å²) in [5.74, 6) is 0.275. The highest BCUT2D eigenvalue weighted by Crippen LogP contribution is 2.19. The van der Waals surface area contributed by atoms with Crippen LogP contribution in [0.15, 0.2) is 0 Å². The first-order chi connectivity index (χ1) is 7.08. The topological polar surface area (TPSA) is 40.5 Å². The first-order valence-electron chi connectivity index (χ1n) is 6.02. The van der Waals surface area contributed by atoms with E-state index in [0.29, 0.717) is 18.3 Å². The van der Waals surface area contributed by atoms with Gasteiger partial charge in [0.15, 0.2) is 0 Å². The summed E-state index contributed by atoms with van der Waals surface area (Å²) in [7, 11) is 0. The molecule has 3 heteroatoms. The van der Waals surface area contributed by atoms with Crippen LogP contribution in [0.1, 0.15) is 39.5 Å². The monoisotopic (exact) mass is 213 g/mol. The molecule has 1 fully saturated rings. The standard InChI is InChI=1S/C12H23NO2/c1-10(2)7-11(8-12(14)15)9-13-5-3-4-6-13/h10-11H,3-9H2,1-2H3,(H,14,15). The number of carbonyl (C=O) groups is 1. The lowest BCUT2D eigenvalue weighted by Crippen LogP contribution is -2.28. The van der Waals surface area contributed by atoms with E-state index < -0.39 is 5.97 Å². The van der Waals surface area contributed by atoms with Gasteiger partial charge in [-0.15, -0.1) is 0 Å². The number of carboxylic acid groups (broad SMARTS) is 1. The Balaban J connectivity index is 2.36. The van der Waals surface area contributed by atoms with Gasteiger partial charge in [0.2, 0.25) is 0 Å². The lowest BCUT2D eigenvalue weighted by molar-refractivity contribution is -0.138. The van der Waals surface area contributed by atoms with Crippen molar-refractivity contribution < 1.29 is 9.90 Å². The zero-order valence-electron chi connectivity index (χ0n) is 9.91. The average Bonchev–Trinajstić information content (AvgIpc) is 2.53. The van der Waals surface area contributed by atoms with Gasteiger partial charge in [0.25, 0.3) is 0 Å². The summed E-state index contributed by atoms with van der Waals surface area (Å²) in [6.45, 7) is 7.63. The highest BCUT2D eigenvalue weighted by molar-refractivity contribution is 5.67. The summed E-state index contributed by atoms with van der Waals surface area (Å²) in [4.78, 5) is 13.2. The van der Waals surface area contributed by atoms with Crippen molar-refractivity contribution in [2.24, 2.45) is 11.8 Å². The van der Waals surface area contributed by atoms with E-state index in [0.717, 1.165) is 26.1 Å². The first-order valence-corrected chi connectivity index (χ1v) is 6.02. The molecule has 1 aliphatic rings. The van der Waals surface area contributed by atoms with Gasteiger partial charge in [-0.2, -0.15) is 0 Å². The van der Waals surface area contributed by atoms with Crippen LogP contribution in [-0.2, 0) is 4.79 Å². The molecule has 15 heavy (non-hydrogen) atoms. The second-order valence-corrected chi connectivity index (χ2v) is 5.10. The van der Waals surface area contributed by atoms with Gasteiger partial charge in [-0.3, -0.25) is 4.79 Å². The van der Waals surface area contributed by atoms with Gasteiger partial charge in [-0.25, -0.2) is 0 Å². The molecule has 1 unspecified atom stereocenters. The Kier molecular flexibility index (Phi) is 5.09. The van der Waals surface area contributed by atoms with Gasteiger partial charge in [-0.1, -0.05) is 13.8 Å². The van der Waals surface area contributed by atoms with E-state index in [2.05, 4.69) is 18.7 Å². The van der Waals surface area contributed by atoms with Crippen molar-refractivity contribution in [1.82, 2.24) is 4.90 Å². The predicted molar refractivity (Wildman–Crippen MR) is 60.9 cm³/mol. The van der Waals surface area contributed by atoms with Crippen LogP contribution in [0.25, 0.3) is 0 Å². The fraction of sp³-hybridized carbons (Fsp3) is 0.917. The van der Waals surface area contributed by atoms with Crippen LogP contribution in [0.4, 0.5) is 0 Å². The van der Waals surface area contributed by atoms with Crippen molar-refractivity contribution in [1.29, 1.82) is 0 Å². The minimum Gasteiger partial charge on any atom is -0.481 e. The third-order valence-electron chi connectivity index (χ3n) is 2.98. The number of hydrogen-bond acceptors (Lipinski definition) is 2. The molecule has 0 radical (unpaired) electrons. The summed E-state index contributed by atoms with van der Waals surface area (Å²) < 4.78 is 0. The van der Waals surface area contributed by atoms with Crippen LogP contribution in [0, 0.1) is 11.8 Å². The van der Waals surface area contributed by atoms with Crippen LogP contribution in [-0.4, -0.2) is 35.6 Å². The molecule has 1 N–H and O–H groups in total. The Morgan fingerprint density at radius 1 is 1.33 bits per heavy atom. The second kappa shape index (κ2) is 6.11. The Labute approximate surface area is 92.5 Å². The van der Waals surface area contributed by atoms with Crippen LogP contribution in [0.3, 0.4) is 0 Å². The number of carboxylic acids is 1. The molecule has 1 saturated heterocycles. The van der Waals surface area contributed by atoms with E-state index in [1.807, 2.05) is 0 Å². The zero-order valence-corrected chi connectivity index (χ0v) is 9.91. The van der Waals surface area contributed by atoms with E-state index in [9.17, 15) is 4.79 Å². The van der Waals surface area contributed by atoms with Crippen molar-refractivity contribution in [3.63, 3.8) is 0 Å². The molecule has 0 saturated carbocycles. The number of aliphatic carboxylic acids is 1. The van der Waals surface area contributed by atoms with Crippen molar-refractivity contribution in [2.75, 3.05) is 19.6 Å². The van der Waals surface area contributed by atoms with Crippen LogP contribution in [0.5, 0.6) is 0 Å². The Bertz CT molecular complexity index is 198. The van der Waals surface area contributed by atoms with Crippen molar-refractivity contribution >= 4 is 5.97 Å². The highest BCUT2D eigenvalue weighted by Gasteiger charge is 2.20. The molecule has 88 valence electrons. The minimum absolute atomic E-state index is 0.328. The molecule has 1 atom stereocenters. The summed E-state index contributed by atoms with van der Waals surface area (Å²) in [5, 5.41) is 8.85. The fourth-order valence-electron chi connectivity index (χ4n) is 2.47. The van der Waals surface area contributed by atoms with Gasteiger partial charge in [0.1, 0.15) is 0 Å². The number of hydrogen-bond donors (Lipinski definition) is 1. The number of nitrogens with zero attached hydrogens (tertiary/aromatic N) is 1. The molecule has 1 heterocycles. The van der Waals surface area contributed by atoms with E-state index >= 15 is 0 Å². The normalized spacial score (nSPS) is 19.7. The van der Waals surface area contributed by atoms with Gasteiger partial charge < -0.3 is 10.0 Å². The maximum atomic E-state index is 10.7. The lowest BCUT2D eigenvalue weighted by atomic mass is 9.94. The summed E-state index contributed by atoms with van der Waals surface area (Å²) in [5.41, 5.74) is 0. The molecular weight excluding hydrogens is 190 g/mol. The highest BCUT2D eigenvalue weighted by atomic mass is 16.4. The molecule has 1 rings (SSSR count). The Morgan fingerprint density at radius 2 is 1.93 bits per heavy atom. The van der Waals surface area contributed by atoms with Crippen LogP contribution < -0.4 is 0 Å². The molecular formula is C12H23NO2. The maximum absolute atomic E-state index is 10.7. The summed E-state index contributed by atoms with van der Waals surface area (Å²) in [6.07, 6.45) is 3.92.